The van der Waals surface area contributed by atoms with E-state index in [0.717, 1.165) is 11.3 Å². The van der Waals surface area contributed by atoms with Crippen molar-refractivity contribution < 1.29 is 9.53 Å². The molecule has 7 heteroatoms. The summed E-state index contributed by atoms with van der Waals surface area (Å²) in [6.07, 6.45) is 1.71. The molecule has 0 radical (unpaired) electrons. The first-order valence-electron chi connectivity index (χ1n) is 7.88. The van der Waals surface area contributed by atoms with Gasteiger partial charge in [-0.2, -0.15) is 11.3 Å². The fourth-order valence-electron chi connectivity index (χ4n) is 2.35. The number of hydrogen-bond donors (Lipinski definition) is 0. The van der Waals surface area contributed by atoms with Crippen LogP contribution in [0.1, 0.15) is 11.3 Å². The number of carbonyl (C=O) groups excluding carboxylic acids is 1. The first-order valence-corrected chi connectivity index (χ1v) is 9.58. The van der Waals surface area contributed by atoms with Gasteiger partial charge in [-0.15, -0.1) is 0 Å². The Bertz CT molecular complexity index is 857. The second-order valence-electron chi connectivity index (χ2n) is 5.57. The van der Waals surface area contributed by atoms with Crippen LogP contribution in [0.25, 0.3) is 0 Å². The van der Waals surface area contributed by atoms with Crippen molar-refractivity contribution in [1.82, 2.24) is 9.88 Å². The van der Waals surface area contributed by atoms with Crippen molar-refractivity contribution >= 4 is 40.4 Å². The normalized spacial score (nSPS) is 10.5. The predicted molar refractivity (Wildman–Crippen MR) is 105 cm³/mol. The third-order valence-electron chi connectivity index (χ3n) is 3.63. The van der Waals surface area contributed by atoms with E-state index in [1.807, 2.05) is 35.0 Å². The fraction of sp³-hybridized carbons (Fsp3) is 0.158. The molecule has 1 amide bonds. The molecule has 0 saturated carbocycles. The number of rotatable bonds is 7. The second kappa shape index (κ2) is 9.03. The number of amides is 1. The SMILES string of the molecule is O=C(COc1ccc(Cl)cc1Cl)N(Cc1ccsc1)Cc1ccccn1. The third kappa shape index (κ3) is 5.21. The van der Waals surface area contributed by atoms with Crippen molar-refractivity contribution in [3.63, 3.8) is 0 Å². The molecule has 3 rings (SSSR count). The van der Waals surface area contributed by atoms with Crippen LogP contribution in [0, 0.1) is 0 Å². The molecule has 2 heterocycles. The third-order valence-corrected chi connectivity index (χ3v) is 4.89. The van der Waals surface area contributed by atoms with Gasteiger partial charge in [-0.1, -0.05) is 29.3 Å². The number of ether oxygens (including phenoxy) is 1. The lowest BCUT2D eigenvalue weighted by Crippen LogP contribution is -2.34. The average Bonchev–Trinajstić information content (AvgIpc) is 3.14. The van der Waals surface area contributed by atoms with Gasteiger partial charge in [0, 0.05) is 17.8 Å². The molecule has 0 aliphatic carbocycles. The van der Waals surface area contributed by atoms with Crippen LogP contribution in [-0.2, 0) is 17.9 Å². The Labute approximate surface area is 166 Å². The molecule has 0 unspecified atom stereocenters. The van der Waals surface area contributed by atoms with E-state index in [0.29, 0.717) is 28.9 Å². The van der Waals surface area contributed by atoms with E-state index < -0.39 is 0 Å². The van der Waals surface area contributed by atoms with Crippen LogP contribution in [0.3, 0.4) is 0 Å². The lowest BCUT2D eigenvalue weighted by atomic mass is 10.2. The summed E-state index contributed by atoms with van der Waals surface area (Å²) in [4.78, 5) is 18.8. The zero-order valence-electron chi connectivity index (χ0n) is 13.8. The van der Waals surface area contributed by atoms with Crippen LogP contribution < -0.4 is 4.74 Å². The van der Waals surface area contributed by atoms with Gasteiger partial charge in [0.2, 0.25) is 0 Å². The minimum absolute atomic E-state index is 0.113. The molecule has 3 aromatic rings. The highest BCUT2D eigenvalue weighted by Gasteiger charge is 2.17. The van der Waals surface area contributed by atoms with Gasteiger partial charge in [-0.05, 0) is 52.7 Å². The molecule has 1 aromatic carbocycles. The molecule has 0 fully saturated rings. The Morgan fingerprint density at radius 1 is 1.15 bits per heavy atom. The van der Waals surface area contributed by atoms with Gasteiger partial charge in [0.25, 0.3) is 5.91 Å². The lowest BCUT2D eigenvalue weighted by molar-refractivity contribution is -0.134. The first-order chi connectivity index (χ1) is 12.6. The Kier molecular flexibility index (Phi) is 6.50. The molecule has 0 aliphatic heterocycles. The van der Waals surface area contributed by atoms with Gasteiger partial charge in [-0.3, -0.25) is 9.78 Å². The van der Waals surface area contributed by atoms with Crippen molar-refractivity contribution in [2.45, 2.75) is 13.1 Å². The number of benzene rings is 1. The molecule has 2 aromatic heterocycles. The Morgan fingerprint density at radius 2 is 2.04 bits per heavy atom. The first kappa shape index (κ1) is 18.7. The summed E-state index contributed by atoms with van der Waals surface area (Å²) >= 11 is 13.6. The van der Waals surface area contributed by atoms with E-state index in [1.165, 1.54) is 0 Å². The predicted octanol–water partition coefficient (Wildman–Crippen LogP) is 5.06. The minimum atomic E-state index is -0.145. The quantitative estimate of drug-likeness (QED) is 0.550. The topological polar surface area (TPSA) is 42.4 Å². The summed E-state index contributed by atoms with van der Waals surface area (Å²) in [5.41, 5.74) is 1.89. The molecule has 0 spiro atoms. The number of hydrogen-bond acceptors (Lipinski definition) is 4. The molecule has 0 bridgehead atoms. The molecule has 0 saturated heterocycles. The monoisotopic (exact) mass is 406 g/mol. The standard InChI is InChI=1S/C19H16Cl2N2O2S/c20-15-4-5-18(17(21)9-15)25-12-19(24)23(10-14-6-8-26-13-14)11-16-3-1-2-7-22-16/h1-9,13H,10-12H2. The van der Waals surface area contributed by atoms with Crippen LogP contribution in [0.15, 0.2) is 59.4 Å². The molecule has 0 N–H and O–H groups in total. The van der Waals surface area contributed by atoms with Gasteiger partial charge in [0.05, 0.1) is 17.3 Å². The lowest BCUT2D eigenvalue weighted by Gasteiger charge is -2.22. The fourth-order valence-corrected chi connectivity index (χ4v) is 3.47. The van der Waals surface area contributed by atoms with Crippen molar-refractivity contribution in [3.8, 4) is 5.75 Å². The molecule has 26 heavy (non-hydrogen) atoms. The maximum Gasteiger partial charge on any atom is 0.261 e. The summed E-state index contributed by atoms with van der Waals surface area (Å²) in [5, 5.41) is 4.90. The van der Waals surface area contributed by atoms with Gasteiger partial charge >= 0.3 is 0 Å². The molecule has 0 aliphatic rings. The van der Waals surface area contributed by atoms with E-state index >= 15 is 0 Å². The average molecular weight is 407 g/mol. The van der Waals surface area contributed by atoms with Gasteiger partial charge in [0.1, 0.15) is 5.75 Å². The Morgan fingerprint density at radius 3 is 2.73 bits per heavy atom. The Balaban J connectivity index is 1.69. The summed E-state index contributed by atoms with van der Waals surface area (Å²) in [6.45, 7) is 0.794. The molecule has 0 atom stereocenters. The minimum Gasteiger partial charge on any atom is -0.482 e. The van der Waals surface area contributed by atoms with Crippen molar-refractivity contribution in [2.75, 3.05) is 6.61 Å². The van der Waals surface area contributed by atoms with Crippen molar-refractivity contribution in [2.24, 2.45) is 0 Å². The Hall–Kier alpha value is -2.08. The largest absolute Gasteiger partial charge is 0.482 e. The van der Waals surface area contributed by atoms with Crippen LogP contribution in [0.4, 0.5) is 0 Å². The zero-order valence-corrected chi connectivity index (χ0v) is 16.1. The van der Waals surface area contributed by atoms with Crippen LogP contribution in [-0.4, -0.2) is 22.4 Å². The van der Waals surface area contributed by atoms with E-state index in [2.05, 4.69) is 4.98 Å². The number of pyridine rings is 1. The highest BCUT2D eigenvalue weighted by atomic mass is 35.5. The van der Waals surface area contributed by atoms with Crippen molar-refractivity contribution in [3.05, 3.63) is 80.7 Å². The summed E-state index contributed by atoms with van der Waals surface area (Å²) in [7, 11) is 0. The van der Waals surface area contributed by atoms with Gasteiger partial charge in [-0.25, -0.2) is 0 Å². The van der Waals surface area contributed by atoms with E-state index in [1.54, 1.807) is 40.6 Å². The van der Waals surface area contributed by atoms with Crippen LogP contribution in [0.5, 0.6) is 5.75 Å². The maximum absolute atomic E-state index is 12.7. The summed E-state index contributed by atoms with van der Waals surface area (Å²) in [6, 6.07) is 12.6. The highest BCUT2D eigenvalue weighted by molar-refractivity contribution is 7.07. The second-order valence-corrected chi connectivity index (χ2v) is 7.19. The molecular weight excluding hydrogens is 391 g/mol. The smallest absolute Gasteiger partial charge is 0.261 e. The van der Waals surface area contributed by atoms with E-state index in [-0.39, 0.29) is 12.5 Å². The van der Waals surface area contributed by atoms with Gasteiger partial charge in [0.15, 0.2) is 6.61 Å². The number of aromatic nitrogens is 1. The number of carbonyl (C=O) groups is 1. The number of halogens is 2. The summed E-state index contributed by atoms with van der Waals surface area (Å²) in [5.74, 6) is 0.283. The van der Waals surface area contributed by atoms with Crippen LogP contribution >= 0.6 is 34.5 Å². The molecule has 134 valence electrons. The van der Waals surface area contributed by atoms with E-state index in [4.69, 9.17) is 27.9 Å². The highest BCUT2D eigenvalue weighted by Crippen LogP contribution is 2.27. The van der Waals surface area contributed by atoms with Crippen molar-refractivity contribution in [1.29, 1.82) is 0 Å². The van der Waals surface area contributed by atoms with E-state index in [9.17, 15) is 4.79 Å². The number of thiophene rings is 1. The van der Waals surface area contributed by atoms with Crippen LogP contribution in [0.2, 0.25) is 10.0 Å². The molecular formula is C19H16Cl2N2O2S. The maximum atomic E-state index is 12.7. The zero-order chi connectivity index (χ0) is 18.4. The molecule has 4 nitrogen and oxygen atoms in total. The summed E-state index contributed by atoms with van der Waals surface area (Å²) < 4.78 is 5.59. The number of nitrogens with zero attached hydrogens (tertiary/aromatic N) is 2. The van der Waals surface area contributed by atoms with Gasteiger partial charge < -0.3 is 9.64 Å².